The van der Waals surface area contributed by atoms with Crippen LogP contribution in [0, 0.1) is 11.3 Å². The van der Waals surface area contributed by atoms with Crippen LogP contribution in [0.4, 0.5) is 0 Å². The lowest BCUT2D eigenvalue weighted by Crippen LogP contribution is -2.45. The second-order valence-electron chi connectivity index (χ2n) is 4.09. The molecule has 0 fully saturated rings. The predicted molar refractivity (Wildman–Crippen MR) is 48.7 cm³/mol. The summed E-state index contributed by atoms with van der Waals surface area (Å²) in [6.45, 7) is 5.54. The Morgan fingerprint density at radius 2 is 2.00 bits per heavy atom. The number of aliphatic carboxylic acids is 1. The van der Waals surface area contributed by atoms with Crippen LogP contribution in [0.2, 0.25) is 0 Å². The molecular weight excluding hydrogens is 172 g/mol. The van der Waals surface area contributed by atoms with Crippen molar-refractivity contribution in [1.29, 1.82) is 0 Å². The quantitative estimate of drug-likeness (QED) is 0.540. The molecule has 5 nitrogen and oxygen atoms in total. The predicted octanol–water partition coefficient (Wildman–Crippen LogP) is -0.0491. The van der Waals surface area contributed by atoms with Crippen LogP contribution in [0.5, 0.6) is 0 Å². The maximum atomic E-state index is 10.9. The topological polar surface area (TPSA) is 98.6 Å². The van der Waals surface area contributed by atoms with E-state index in [-0.39, 0.29) is 6.54 Å². The van der Waals surface area contributed by atoms with Gasteiger partial charge < -0.3 is 10.8 Å². The van der Waals surface area contributed by atoms with Gasteiger partial charge >= 0.3 is 5.97 Å². The van der Waals surface area contributed by atoms with Crippen molar-refractivity contribution in [2.24, 2.45) is 23.0 Å². The van der Waals surface area contributed by atoms with Crippen molar-refractivity contribution in [3.05, 3.63) is 0 Å². The van der Waals surface area contributed by atoms with E-state index < -0.39 is 23.4 Å². The van der Waals surface area contributed by atoms with Gasteiger partial charge in [0.1, 0.15) is 6.10 Å². The molecule has 0 heterocycles. The Hall–Kier alpha value is -0.650. The molecule has 0 aromatic heterocycles. The van der Waals surface area contributed by atoms with Crippen LogP contribution in [0.1, 0.15) is 20.8 Å². The molecule has 0 aliphatic rings. The third-order valence-corrected chi connectivity index (χ3v) is 1.98. The minimum Gasteiger partial charge on any atom is -0.481 e. The Balaban J connectivity index is 4.69. The van der Waals surface area contributed by atoms with E-state index in [0.717, 1.165) is 0 Å². The zero-order valence-electron chi connectivity index (χ0n) is 8.28. The molecule has 0 amide bonds. The number of hydrogen-bond acceptors (Lipinski definition) is 4. The van der Waals surface area contributed by atoms with Gasteiger partial charge in [-0.3, -0.25) is 9.63 Å². The van der Waals surface area contributed by atoms with Crippen LogP contribution < -0.4 is 11.6 Å². The lowest BCUT2D eigenvalue weighted by molar-refractivity contribution is -0.153. The first-order valence-corrected chi connectivity index (χ1v) is 4.13. The van der Waals surface area contributed by atoms with E-state index in [1.54, 1.807) is 0 Å². The van der Waals surface area contributed by atoms with Gasteiger partial charge in [0, 0.05) is 6.54 Å². The normalized spacial score (nSPS) is 16.7. The maximum absolute atomic E-state index is 10.9. The monoisotopic (exact) mass is 190 g/mol. The van der Waals surface area contributed by atoms with Crippen LogP contribution in [-0.4, -0.2) is 23.7 Å². The molecule has 0 aliphatic heterocycles. The fourth-order valence-corrected chi connectivity index (χ4v) is 1.36. The third-order valence-electron chi connectivity index (χ3n) is 1.98. The Morgan fingerprint density at radius 1 is 1.54 bits per heavy atom. The summed E-state index contributed by atoms with van der Waals surface area (Å²) in [5.74, 6) is 3.35. The van der Waals surface area contributed by atoms with Gasteiger partial charge in [0.25, 0.3) is 0 Å². The smallest absolute Gasteiger partial charge is 0.309 e. The molecule has 0 bridgehead atoms. The molecule has 0 rings (SSSR count). The van der Waals surface area contributed by atoms with Crippen LogP contribution in [0.15, 0.2) is 0 Å². The number of carboxylic acid groups (broad SMARTS) is 1. The third kappa shape index (κ3) is 3.30. The van der Waals surface area contributed by atoms with E-state index in [1.807, 2.05) is 20.8 Å². The molecule has 78 valence electrons. The summed E-state index contributed by atoms with van der Waals surface area (Å²) in [6.07, 6.45) is -0.641. The van der Waals surface area contributed by atoms with Gasteiger partial charge in [-0.05, 0) is 5.41 Å². The van der Waals surface area contributed by atoms with Gasteiger partial charge in [-0.15, -0.1) is 0 Å². The molecule has 5 heteroatoms. The standard InChI is InChI=1S/C8H18N2O3/c1-8(2,3)6(7(11)12)5(4-9)13-10/h5-6H,4,9-10H2,1-3H3,(H,11,12). The van der Waals surface area contributed by atoms with Crippen molar-refractivity contribution in [3.63, 3.8) is 0 Å². The van der Waals surface area contributed by atoms with Crippen molar-refractivity contribution >= 4 is 5.97 Å². The first-order chi connectivity index (χ1) is 5.84. The van der Waals surface area contributed by atoms with Crippen LogP contribution in [0.3, 0.4) is 0 Å². The SMILES string of the molecule is CC(C)(C)C(C(=O)O)C(CN)ON. The summed E-state index contributed by atoms with van der Waals surface area (Å²) in [5, 5.41) is 8.95. The zero-order chi connectivity index (χ0) is 10.6. The van der Waals surface area contributed by atoms with E-state index in [9.17, 15) is 4.79 Å². The number of rotatable bonds is 4. The molecule has 0 aromatic rings. The van der Waals surface area contributed by atoms with Crippen molar-refractivity contribution < 1.29 is 14.7 Å². The molecule has 0 aromatic carbocycles. The highest BCUT2D eigenvalue weighted by molar-refractivity contribution is 5.71. The minimum atomic E-state index is -0.937. The molecule has 0 saturated carbocycles. The summed E-state index contributed by atoms with van der Waals surface area (Å²) in [4.78, 5) is 15.5. The van der Waals surface area contributed by atoms with Gasteiger partial charge in [0.2, 0.25) is 0 Å². The summed E-state index contributed by atoms with van der Waals surface area (Å²) < 4.78 is 0. The number of carbonyl (C=O) groups is 1. The molecule has 0 aliphatic carbocycles. The van der Waals surface area contributed by atoms with E-state index in [0.29, 0.717) is 0 Å². The Labute approximate surface area is 78.0 Å². The largest absolute Gasteiger partial charge is 0.481 e. The number of carboxylic acids is 1. The number of nitrogens with two attached hydrogens (primary N) is 2. The van der Waals surface area contributed by atoms with Gasteiger partial charge in [0.05, 0.1) is 5.92 Å². The van der Waals surface area contributed by atoms with E-state index in [2.05, 4.69) is 4.84 Å². The van der Waals surface area contributed by atoms with E-state index in [1.165, 1.54) is 0 Å². The second-order valence-corrected chi connectivity index (χ2v) is 4.09. The summed E-state index contributed by atoms with van der Waals surface area (Å²) in [6, 6.07) is 0. The van der Waals surface area contributed by atoms with Crippen LogP contribution in [0.25, 0.3) is 0 Å². The average molecular weight is 190 g/mol. The fraction of sp³-hybridized carbons (Fsp3) is 0.875. The molecule has 13 heavy (non-hydrogen) atoms. The molecule has 2 atom stereocenters. The molecular formula is C8H18N2O3. The average Bonchev–Trinajstić information content (AvgIpc) is 1.96. The fourth-order valence-electron chi connectivity index (χ4n) is 1.36. The second kappa shape index (κ2) is 4.55. The first-order valence-electron chi connectivity index (χ1n) is 4.13. The van der Waals surface area contributed by atoms with Crippen LogP contribution in [-0.2, 0) is 9.63 Å². The van der Waals surface area contributed by atoms with E-state index >= 15 is 0 Å². The van der Waals surface area contributed by atoms with Crippen molar-refractivity contribution in [1.82, 2.24) is 0 Å². The van der Waals surface area contributed by atoms with E-state index in [4.69, 9.17) is 16.7 Å². The van der Waals surface area contributed by atoms with Crippen molar-refractivity contribution in [3.8, 4) is 0 Å². The lowest BCUT2D eigenvalue weighted by atomic mass is 9.77. The molecule has 0 saturated heterocycles. The molecule has 0 radical (unpaired) electrons. The van der Waals surface area contributed by atoms with Gasteiger partial charge in [-0.1, -0.05) is 20.8 Å². The Morgan fingerprint density at radius 3 is 2.08 bits per heavy atom. The minimum absolute atomic E-state index is 0.102. The summed E-state index contributed by atoms with van der Waals surface area (Å²) in [7, 11) is 0. The summed E-state index contributed by atoms with van der Waals surface area (Å²) >= 11 is 0. The summed E-state index contributed by atoms with van der Waals surface area (Å²) in [5.41, 5.74) is 4.93. The van der Waals surface area contributed by atoms with Gasteiger partial charge in [-0.25, -0.2) is 5.90 Å². The van der Waals surface area contributed by atoms with Gasteiger partial charge in [0.15, 0.2) is 0 Å². The van der Waals surface area contributed by atoms with Crippen molar-refractivity contribution in [2.45, 2.75) is 26.9 Å². The molecule has 5 N–H and O–H groups in total. The Bertz CT molecular complexity index is 173. The molecule has 0 spiro atoms. The Kier molecular flexibility index (Phi) is 4.32. The highest BCUT2D eigenvalue weighted by atomic mass is 16.6. The molecule has 2 unspecified atom stereocenters. The highest BCUT2D eigenvalue weighted by Gasteiger charge is 2.38. The highest BCUT2D eigenvalue weighted by Crippen LogP contribution is 2.29. The van der Waals surface area contributed by atoms with Crippen molar-refractivity contribution in [2.75, 3.05) is 6.54 Å². The maximum Gasteiger partial charge on any atom is 0.309 e. The van der Waals surface area contributed by atoms with Gasteiger partial charge in [-0.2, -0.15) is 0 Å². The first kappa shape index (κ1) is 12.3. The van der Waals surface area contributed by atoms with Crippen LogP contribution >= 0.6 is 0 Å². The zero-order valence-corrected chi connectivity index (χ0v) is 8.28. The number of hydrogen-bond donors (Lipinski definition) is 3. The lowest BCUT2D eigenvalue weighted by Gasteiger charge is -2.31.